The first-order valence-electron chi connectivity index (χ1n) is 28.8. The van der Waals surface area contributed by atoms with Crippen LogP contribution in [0, 0.1) is 0 Å². The van der Waals surface area contributed by atoms with E-state index in [0.717, 1.165) is 34.1 Å². The largest absolute Gasteiger partial charge is 0.310 e. The Hall–Kier alpha value is -10.8. The maximum atomic E-state index is 2.58. The molecule has 0 fully saturated rings. The number of fused-ring (bicyclic) bond motifs is 12. The smallest absolute Gasteiger partial charge is 0.0627 e. The van der Waals surface area contributed by atoms with Crippen molar-refractivity contribution in [3.8, 4) is 44.5 Å². The molecule has 17 aromatic rings. The molecule has 0 N–H and O–H groups in total. The fourth-order valence-corrected chi connectivity index (χ4v) is 14.3. The Labute approximate surface area is 490 Å². The third-order valence-corrected chi connectivity index (χ3v) is 18.3. The summed E-state index contributed by atoms with van der Waals surface area (Å²) in [6, 6.07) is 114. The van der Waals surface area contributed by atoms with Crippen LogP contribution in [-0.2, 0) is 0 Å². The fraction of sp³-hybridized carbons (Fsp3) is 0. The van der Waals surface area contributed by atoms with Gasteiger partial charge in [0, 0.05) is 75.8 Å². The molecule has 3 aromatic heterocycles. The molecule has 3 nitrogen and oxygen atoms in total. The first kappa shape index (κ1) is 48.0. The highest BCUT2D eigenvalue weighted by molar-refractivity contribution is 7.26. The lowest BCUT2D eigenvalue weighted by Gasteiger charge is -2.26. The van der Waals surface area contributed by atoms with E-state index in [2.05, 4.69) is 324 Å². The third kappa shape index (κ3) is 7.95. The molecular weight excluding hydrogens is 1030 g/mol. The van der Waals surface area contributed by atoms with E-state index in [-0.39, 0.29) is 0 Å². The van der Waals surface area contributed by atoms with Crippen LogP contribution in [0.15, 0.2) is 309 Å². The summed E-state index contributed by atoms with van der Waals surface area (Å²) in [6.45, 7) is 0. The summed E-state index contributed by atoms with van der Waals surface area (Å²) >= 11 is 1.90. The first-order chi connectivity index (χ1) is 41.6. The van der Waals surface area contributed by atoms with E-state index in [0.29, 0.717) is 0 Å². The lowest BCUT2D eigenvalue weighted by molar-refractivity contribution is 1.29. The SMILES string of the molecule is c1ccc(-c2ccc(N(c3ccc(-c4ccccc4)cc3)c3ccc4cc5c(cc4c3)c3cc4sc6ccccc6c4c4c6cc7cc(N(c8ccc(-c9ccccc9)cc8)c8ccc(-c9ccccc9)cc8)ccc7cc6n5c34)cc2)cc1. The van der Waals surface area contributed by atoms with Gasteiger partial charge < -0.3 is 14.2 Å². The van der Waals surface area contributed by atoms with E-state index < -0.39 is 0 Å². The van der Waals surface area contributed by atoms with E-state index in [4.69, 9.17) is 0 Å². The van der Waals surface area contributed by atoms with Crippen molar-refractivity contribution in [2.24, 2.45) is 0 Å². The average molecular weight is 1090 g/mol. The van der Waals surface area contributed by atoms with Crippen LogP contribution in [0.25, 0.3) is 124 Å². The van der Waals surface area contributed by atoms with Crippen LogP contribution >= 0.6 is 11.3 Å². The van der Waals surface area contributed by atoms with Gasteiger partial charge in [0.2, 0.25) is 0 Å². The zero-order valence-electron chi connectivity index (χ0n) is 45.7. The quantitative estimate of drug-likeness (QED) is 0.135. The Morgan fingerprint density at radius 1 is 0.226 bits per heavy atom. The van der Waals surface area contributed by atoms with Gasteiger partial charge in [0.15, 0.2) is 0 Å². The number of nitrogens with zero attached hydrogens (tertiary/aromatic N) is 3. The van der Waals surface area contributed by atoms with Gasteiger partial charge in [0.25, 0.3) is 0 Å². The molecule has 0 bridgehead atoms. The van der Waals surface area contributed by atoms with Crippen LogP contribution in [0.4, 0.5) is 34.1 Å². The fourth-order valence-electron chi connectivity index (χ4n) is 13.2. The van der Waals surface area contributed by atoms with Gasteiger partial charge in [-0.1, -0.05) is 200 Å². The standard InChI is InChI=1S/C80H51N3S/c1-5-15-52(16-6-1)56-25-35-64(36-26-56)81(65-37-27-57(28-38-65)53-17-7-2-8-18-53)68-43-33-60-49-74-71(47-62(60)45-68)72-51-77-78(70-23-13-14-24-76(70)84-77)79-73-48-63-46-69(44-34-61(63)50-75(73)83(74)80(72)79)82(66-39-29-58(30-40-66)54-19-9-3-10-20-54)67-41-31-59(32-42-67)55-21-11-4-12-22-55/h1-51H. The van der Waals surface area contributed by atoms with Gasteiger partial charge in [0.1, 0.15) is 0 Å². The Morgan fingerprint density at radius 2 is 0.583 bits per heavy atom. The van der Waals surface area contributed by atoms with Gasteiger partial charge in [-0.15, -0.1) is 11.3 Å². The molecule has 0 unspecified atom stereocenters. The van der Waals surface area contributed by atoms with Crippen molar-refractivity contribution in [1.82, 2.24) is 4.40 Å². The predicted octanol–water partition coefficient (Wildman–Crippen LogP) is 23.1. The lowest BCUT2D eigenvalue weighted by atomic mass is 9.99. The second-order valence-corrected chi connectivity index (χ2v) is 23.2. The number of benzene rings is 14. The summed E-state index contributed by atoms with van der Waals surface area (Å²) in [5, 5.41) is 12.6. The third-order valence-electron chi connectivity index (χ3n) is 17.2. The van der Waals surface area contributed by atoms with Crippen molar-refractivity contribution >= 4 is 125 Å². The molecule has 0 atom stereocenters. The number of rotatable bonds is 10. The molecule has 4 heteroatoms. The second-order valence-electron chi connectivity index (χ2n) is 22.1. The van der Waals surface area contributed by atoms with Crippen LogP contribution in [-0.4, -0.2) is 4.40 Å². The van der Waals surface area contributed by atoms with Crippen molar-refractivity contribution in [1.29, 1.82) is 0 Å². The minimum absolute atomic E-state index is 1.10. The van der Waals surface area contributed by atoms with Gasteiger partial charge in [-0.25, -0.2) is 0 Å². The molecule has 0 radical (unpaired) electrons. The first-order valence-corrected chi connectivity index (χ1v) is 29.6. The highest BCUT2D eigenvalue weighted by Gasteiger charge is 2.25. The Morgan fingerprint density at radius 3 is 1.01 bits per heavy atom. The van der Waals surface area contributed by atoms with Crippen molar-refractivity contribution < 1.29 is 0 Å². The van der Waals surface area contributed by atoms with Crippen molar-refractivity contribution in [2.75, 3.05) is 9.80 Å². The molecule has 0 aliphatic heterocycles. The molecular formula is C80H51N3S. The number of thiophene rings is 1. The van der Waals surface area contributed by atoms with Gasteiger partial charge >= 0.3 is 0 Å². The van der Waals surface area contributed by atoms with Crippen LogP contribution in [0.5, 0.6) is 0 Å². The summed E-state index contributed by atoms with van der Waals surface area (Å²) in [5.41, 5.74) is 19.9. The molecule has 17 rings (SSSR count). The maximum absolute atomic E-state index is 2.58. The topological polar surface area (TPSA) is 10.9 Å². The Balaban J connectivity index is 0.833. The minimum Gasteiger partial charge on any atom is -0.310 e. The Kier molecular flexibility index (Phi) is 11.1. The molecule has 0 aliphatic rings. The van der Waals surface area contributed by atoms with Crippen LogP contribution in [0.1, 0.15) is 0 Å². The highest BCUT2D eigenvalue weighted by Crippen LogP contribution is 2.50. The van der Waals surface area contributed by atoms with Crippen LogP contribution < -0.4 is 9.80 Å². The zero-order chi connectivity index (χ0) is 55.2. The number of hydrogen-bond acceptors (Lipinski definition) is 3. The predicted molar refractivity (Wildman–Crippen MR) is 360 cm³/mol. The lowest BCUT2D eigenvalue weighted by Crippen LogP contribution is -2.09. The van der Waals surface area contributed by atoms with E-state index in [1.807, 2.05) is 11.3 Å². The van der Waals surface area contributed by atoms with E-state index in [1.54, 1.807) is 0 Å². The number of hydrogen-bond donors (Lipinski definition) is 0. The minimum atomic E-state index is 1.10. The molecule has 0 saturated heterocycles. The average Bonchev–Trinajstić information content (AvgIpc) is 1.57. The van der Waals surface area contributed by atoms with Crippen molar-refractivity contribution in [3.63, 3.8) is 0 Å². The number of anilines is 6. The zero-order valence-corrected chi connectivity index (χ0v) is 46.5. The molecule has 0 saturated carbocycles. The maximum Gasteiger partial charge on any atom is 0.0627 e. The van der Waals surface area contributed by atoms with E-state index in [9.17, 15) is 0 Å². The van der Waals surface area contributed by atoms with Gasteiger partial charge in [0.05, 0.1) is 16.6 Å². The summed E-state index contributed by atoms with van der Waals surface area (Å²) in [5.74, 6) is 0. The summed E-state index contributed by atoms with van der Waals surface area (Å²) < 4.78 is 5.19. The molecule has 3 heterocycles. The highest BCUT2D eigenvalue weighted by atomic mass is 32.1. The summed E-state index contributed by atoms with van der Waals surface area (Å²) in [7, 11) is 0. The second kappa shape index (κ2) is 19.5. The monoisotopic (exact) mass is 1090 g/mol. The molecule has 0 aliphatic carbocycles. The van der Waals surface area contributed by atoms with Gasteiger partial charge in [-0.2, -0.15) is 0 Å². The molecule has 84 heavy (non-hydrogen) atoms. The summed E-state index contributed by atoms with van der Waals surface area (Å²) in [6.07, 6.45) is 0. The Bertz CT molecular complexity index is 5140. The van der Waals surface area contributed by atoms with Crippen molar-refractivity contribution in [2.45, 2.75) is 0 Å². The van der Waals surface area contributed by atoms with Crippen molar-refractivity contribution in [3.05, 3.63) is 309 Å². The molecule has 392 valence electrons. The van der Waals surface area contributed by atoms with Crippen LogP contribution in [0.2, 0.25) is 0 Å². The normalized spacial score (nSPS) is 11.8. The molecule has 0 amide bonds. The molecule has 0 spiro atoms. The van der Waals surface area contributed by atoms with Crippen LogP contribution in [0.3, 0.4) is 0 Å². The number of aromatic nitrogens is 1. The summed E-state index contributed by atoms with van der Waals surface area (Å²) in [4.78, 5) is 4.80. The van der Waals surface area contributed by atoms with Gasteiger partial charge in [-0.3, -0.25) is 0 Å². The van der Waals surface area contributed by atoms with Gasteiger partial charge in [-0.05, 0) is 175 Å². The van der Waals surface area contributed by atoms with E-state index >= 15 is 0 Å². The molecule has 14 aromatic carbocycles. The van der Waals surface area contributed by atoms with E-state index in [1.165, 1.54) is 124 Å².